The Morgan fingerprint density at radius 3 is 2.68 bits per heavy atom. The summed E-state index contributed by atoms with van der Waals surface area (Å²) in [6, 6.07) is 11.7. The molecule has 0 atom stereocenters. The molecule has 0 bridgehead atoms. The molecule has 0 fully saturated rings. The van der Waals surface area contributed by atoms with Crippen LogP contribution in [0.3, 0.4) is 0 Å². The first-order valence-electron chi connectivity index (χ1n) is 7.97. The molecular formula is C19H22BrIN2O2. The Morgan fingerprint density at radius 1 is 1.24 bits per heavy atom. The first kappa shape index (κ1) is 20.2. The van der Waals surface area contributed by atoms with Gasteiger partial charge in [-0.15, -0.1) is 0 Å². The molecular weight excluding hydrogens is 495 g/mol. The van der Waals surface area contributed by atoms with Crippen molar-refractivity contribution in [2.24, 2.45) is 0 Å². The molecule has 25 heavy (non-hydrogen) atoms. The van der Waals surface area contributed by atoms with Crippen molar-refractivity contribution in [1.82, 2.24) is 4.90 Å². The van der Waals surface area contributed by atoms with Gasteiger partial charge in [-0.1, -0.05) is 28.1 Å². The largest absolute Gasteiger partial charge is 0.491 e. The van der Waals surface area contributed by atoms with Crippen LogP contribution in [-0.2, 0) is 11.2 Å². The fraction of sp³-hybridized carbons (Fsp3) is 0.316. The lowest BCUT2D eigenvalue weighted by Gasteiger charge is -2.13. The second kappa shape index (κ2) is 9.54. The van der Waals surface area contributed by atoms with Gasteiger partial charge in [-0.05, 0) is 72.9 Å². The van der Waals surface area contributed by atoms with Gasteiger partial charge in [0.15, 0.2) is 0 Å². The molecule has 2 aromatic carbocycles. The third-order valence-corrected chi connectivity index (χ3v) is 5.38. The minimum absolute atomic E-state index is 0.0397. The molecule has 1 amide bonds. The van der Waals surface area contributed by atoms with E-state index in [1.54, 1.807) is 0 Å². The highest BCUT2D eigenvalue weighted by Gasteiger charge is 2.08. The standard InChI is InChI=1S/C19H22BrIN2O2/c1-13-10-14(4-6-16(13)20)11-19(24)22-15-5-7-17(21)18(12-15)25-9-8-23(2)3/h4-7,10,12H,8-9,11H2,1-3H3,(H,22,24). The van der Waals surface area contributed by atoms with Gasteiger partial charge in [0, 0.05) is 22.8 Å². The third kappa shape index (κ3) is 6.60. The Balaban J connectivity index is 1.98. The second-order valence-electron chi connectivity index (χ2n) is 6.11. The predicted octanol–water partition coefficient (Wildman–Crippen LogP) is 4.48. The maximum atomic E-state index is 12.3. The van der Waals surface area contributed by atoms with Crippen LogP contribution in [0.15, 0.2) is 40.9 Å². The molecule has 6 heteroatoms. The average molecular weight is 517 g/mol. The zero-order valence-corrected chi connectivity index (χ0v) is 18.3. The topological polar surface area (TPSA) is 41.6 Å². The van der Waals surface area contributed by atoms with E-state index in [1.165, 1.54) is 0 Å². The number of nitrogens with one attached hydrogen (secondary N) is 1. The van der Waals surface area contributed by atoms with Gasteiger partial charge in [-0.2, -0.15) is 0 Å². The molecule has 134 valence electrons. The number of carbonyl (C=O) groups is 1. The van der Waals surface area contributed by atoms with E-state index in [2.05, 4.69) is 48.7 Å². The summed E-state index contributed by atoms with van der Waals surface area (Å²) in [7, 11) is 4.02. The number of carbonyl (C=O) groups excluding carboxylic acids is 1. The van der Waals surface area contributed by atoms with Crippen LogP contribution >= 0.6 is 38.5 Å². The number of nitrogens with zero attached hydrogens (tertiary/aromatic N) is 1. The Bertz CT molecular complexity index is 750. The minimum atomic E-state index is -0.0397. The van der Waals surface area contributed by atoms with E-state index in [0.717, 1.165) is 37.2 Å². The lowest BCUT2D eigenvalue weighted by atomic mass is 10.1. The van der Waals surface area contributed by atoms with Crippen LogP contribution in [0.1, 0.15) is 11.1 Å². The number of anilines is 1. The molecule has 4 nitrogen and oxygen atoms in total. The van der Waals surface area contributed by atoms with Crippen molar-refractivity contribution in [3.8, 4) is 5.75 Å². The molecule has 0 heterocycles. The van der Waals surface area contributed by atoms with E-state index in [-0.39, 0.29) is 5.91 Å². The molecule has 0 saturated carbocycles. The molecule has 0 aliphatic rings. The van der Waals surface area contributed by atoms with E-state index >= 15 is 0 Å². The Hall–Kier alpha value is -1.12. The van der Waals surface area contributed by atoms with Crippen LogP contribution in [0, 0.1) is 10.5 Å². The third-order valence-electron chi connectivity index (χ3n) is 3.60. The highest BCUT2D eigenvalue weighted by atomic mass is 127. The lowest BCUT2D eigenvalue weighted by molar-refractivity contribution is -0.115. The highest BCUT2D eigenvalue weighted by Crippen LogP contribution is 2.25. The Morgan fingerprint density at radius 2 is 2.00 bits per heavy atom. The molecule has 2 rings (SSSR count). The van der Waals surface area contributed by atoms with Crippen LogP contribution in [0.2, 0.25) is 0 Å². The first-order valence-corrected chi connectivity index (χ1v) is 9.84. The van der Waals surface area contributed by atoms with Gasteiger partial charge in [-0.25, -0.2) is 0 Å². The van der Waals surface area contributed by atoms with E-state index in [0.29, 0.717) is 13.0 Å². The van der Waals surface area contributed by atoms with Crippen molar-refractivity contribution in [2.75, 3.05) is 32.6 Å². The number of benzene rings is 2. The van der Waals surface area contributed by atoms with Crippen LogP contribution in [-0.4, -0.2) is 38.1 Å². The molecule has 2 aromatic rings. The number of aryl methyl sites for hydroxylation is 1. The predicted molar refractivity (Wildman–Crippen MR) is 114 cm³/mol. The number of hydrogen-bond donors (Lipinski definition) is 1. The summed E-state index contributed by atoms with van der Waals surface area (Å²) in [5.74, 6) is 0.752. The molecule has 0 unspecified atom stereocenters. The zero-order valence-electron chi connectivity index (χ0n) is 14.6. The molecule has 0 radical (unpaired) electrons. The van der Waals surface area contributed by atoms with Gasteiger partial charge >= 0.3 is 0 Å². The smallest absolute Gasteiger partial charge is 0.228 e. The fourth-order valence-corrected chi connectivity index (χ4v) is 2.98. The zero-order chi connectivity index (χ0) is 18.4. The van der Waals surface area contributed by atoms with Crippen molar-refractivity contribution >= 4 is 50.1 Å². The SMILES string of the molecule is Cc1cc(CC(=O)Nc2ccc(I)c(OCCN(C)C)c2)ccc1Br. The van der Waals surface area contributed by atoms with Gasteiger partial charge in [0.1, 0.15) is 12.4 Å². The van der Waals surface area contributed by atoms with Gasteiger partial charge < -0.3 is 15.0 Å². The average Bonchev–Trinajstić information content (AvgIpc) is 2.53. The number of likely N-dealkylation sites (N-methyl/N-ethyl adjacent to an activating group) is 1. The van der Waals surface area contributed by atoms with Crippen molar-refractivity contribution in [2.45, 2.75) is 13.3 Å². The number of amides is 1. The van der Waals surface area contributed by atoms with Crippen molar-refractivity contribution in [3.05, 3.63) is 55.6 Å². The number of halogens is 2. The molecule has 0 spiro atoms. The molecule has 0 aliphatic carbocycles. The maximum absolute atomic E-state index is 12.3. The lowest BCUT2D eigenvalue weighted by Crippen LogP contribution is -2.19. The van der Waals surface area contributed by atoms with E-state index < -0.39 is 0 Å². The summed E-state index contributed by atoms with van der Waals surface area (Å²) in [4.78, 5) is 14.4. The van der Waals surface area contributed by atoms with E-state index in [1.807, 2.05) is 57.4 Å². The summed E-state index contributed by atoms with van der Waals surface area (Å²) in [5.41, 5.74) is 2.86. The summed E-state index contributed by atoms with van der Waals surface area (Å²) < 4.78 is 7.89. The fourth-order valence-electron chi connectivity index (χ4n) is 2.24. The number of ether oxygens (including phenoxy) is 1. The maximum Gasteiger partial charge on any atom is 0.228 e. The molecule has 0 aromatic heterocycles. The molecule has 0 aliphatic heterocycles. The molecule has 1 N–H and O–H groups in total. The summed E-state index contributed by atoms with van der Waals surface area (Å²) >= 11 is 5.71. The van der Waals surface area contributed by atoms with E-state index in [9.17, 15) is 4.79 Å². The summed E-state index contributed by atoms with van der Waals surface area (Å²) in [5, 5.41) is 2.95. The molecule has 0 saturated heterocycles. The summed E-state index contributed by atoms with van der Waals surface area (Å²) in [6.07, 6.45) is 0.344. The van der Waals surface area contributed by atoms with Crippen LogP contribution in [0.25, 0.3) is 0 Å². The number of rotatable bonds is 7. The highest BCUT2D eigenvalue weighted by molar-refractivity contribution is 14.1. The van der Waals surface area contributed by atoms with Crippen molar-refractivity contribution in [3.63, 3.8) is 0 Å². The quantitative estimate of drug-likeness (QED) is 0.551. The van der Waals surface area contributed by atoms with Gasteiger partial charge in [0.2, 0.25) is 5.91 Å². The van der Waals surface area contributed by atoms with Gasteiger partial charge in [-0.3, -0.25) is 4.79 Å². The van der Waals surface area contributed by atoms with Crippen LogP contribution < -0.4 is 10.1 Å². The second-order valence-corrected chi connectivity index (χ2v) is 8.12. The monoisotopic (exact) mass is 516 g/mol. The first-order chi connectivity index (χ1) is 11.8. The normalized spacial score (nSPS) is 10.8. The van der Waals surface area contributed by atoms with Gasteiger partial charge in [0.25, 0.3) is 0 Å². The Labute approximate surface area is 171 Å². The van der Waals surface area contributed by atoms with Crippen molar-refractivity contribution < 1.29 is 9.53 Å². The minimum Gasteiger partial charge on any atom is -0.491 e. The van der Waals surface area contributed by atoms with Gasteiger partial charge in [0.05, 0.1) is 9.99 Å². The van der Waals surface area contributed by atoms with E-state index in [4.69, 9.17) is 4.74 Å². The number of hydrogen-bond acceptors (Lipinski definition) is 3. The van der Waals surface area contributed by atoms with Crippen LogP contribution in [0.4, 0.5) is 5.69 Å². The van der Waals surface area contributed by atoms with Crippen LogP contribution in [0.5, 0.6) is 5.75 Å². The summed E-state index contributed by atoms with van der Waals surface area (Å²) in [6.45, 7) is 3.47. The van der Waals surface area contributed by atoms with Crippen molar-refractivity contribution in [1.29, 1.82) is 0 Å². The Kier molecular flexibility index (Phi) is 7.71.